The summed E-state index contributed by atoms with van der Waals surface area (Å²) in [6, 6.07) is 5.77. The molecule has 0 unspecified atom stereocenters. The van der Waals surface area contributed by atoms with E-state index in [0.29, 0.717) is 12.2 Å². The second-order valence-corrected chi connectivity index (χ2v) is 5.20. The minimum atomic E-state index is -4.67. The maximum absolute atomic E-state index is 12.1. The molecule has 1 aromatic heterocycles. The van der Waals surface area contributed by atoms with Crippen LogP contribution in [0.15, 0.2) is 30.5 Å². The Bertz CT molecular complexity index is 569. The van der Waals surface area contributed by atoms with E-state index in [4.69, 9.17) is 0 Å². The Hall–Kier alpha value is -1.76. The van der Waals surface area contributed by atoms with Crippen molar-refractivity contribution in [2.24, 2.45) is 0 Å². The van der Waals surface area contributed by atoms with Crippen molar-refractivity contribution >= 4 is 17.0 Å². The van der Waals surface area contributed by atoms with Crippen LogP contribution in [0, 0.1) is 0 Å². The quantitative estimate of drug-likeness (QED) is 0.898. The molecule has 3 nitrogen and oxygen atoms in total. The van der Waals surface area contributed by atoms with Gasteiger partial charge >= 0.3 is 6.36 Å². The number of aromatic nitrogens is 1. The van der Waals surface area contributed by atoms with Crippen molar-refractivity contribution in [2.75, 3.05) is 5.32 Å². The van der Waals surface area contributed by atoms with Gasteiger partial charge in [-0.05, 0) is 18.6 Å². The molecular formula is C13H13F3N2OS. The molecule has 0 aliphatic heterocycles. The number of nitrogens with zero attached hydrogens (tertiary/aromatic N) is 1. The molecule has 0 spiro atoms. The van der Waals surface area contributed by atoms with Crippen molar-refractivity contribution in [2.45, 2.75) is 26.3 Å². The molecule has 2 aromatic rings. The highest BCUT2D eigenvalue weighted by Crippen LogP contribution is 2.25. The van der Waals surface area contributed by atoms with E-state index in [1.807, 2.05) is 6.92 Å². The number of ether oxygens (including phenoxy) is 1. The number of halogens is 3. The van der Waals surface area contributed by atoms with Crippen LogP contribution in [-0.4, -0.2) is 11.3 Å². The first-order valence-corrected chi connectivity index (χ1v) is 6.81. The monoisotopic (exact) mass is 302 g/mol. The van der Waals surface area contributed by atoms with Gasteiger partial charge in [-0.1, -0.05) is 13.0 Å². The molecule has 0 amide bonds. The van der Waals surface area contributed by atoms with Gasteiger partial charge in [0.1, 0.15) is 5.75 Å². The van der Waals surface area contributed by atoms with Gasteiger partial charge in [0, 0.05) is 22.8 Å². The molecule has 1 N–H and O–H groups in total. The fraction of sp³-hybridized carbons (Fsp3) is 0.308. The first-order valence-electron chi connectivity index (χ1n) is 5.99. The van der Waals surface area contributed by atoms with Gasteiger partial charge in [0.15, 0.2) is 0 Å². The Morgan fingerprint density at radius 3 is 2.80 bits per heavy atom. The second-order valence-electron chi connectivity index (χ2n) is 4.00. The van der Waals surface area contributed by atoms with Crippen LogP contribution < -0.4 is 10.1 Å². The molecule has 0 saturated heterocycles. The van der Waals surface area contributed by atoms with E-state index in [1.165, 1.54) is 18.2 Å². The number of rotatable bonds is 5. The molecule has 0 aliphatic carbocycles. The SMILES string of the molecule is CCc1ncc(CNc2cccc(OC(F)(F)F)c2)s1. The molecule has 0 atom stereocenters. The largest absolute Gasteiger partial charge is 0.573 e. The molecule has 1 aromatic carbocycles. The summed E-state index contributed by atoms with van der Waals surface area (Å²) < 4.78 is 40.2. The van der Waals surface area contributed by atoms with Crippen molar-refractivity contribution in [3.63, 3.8) is 0 Å². The van der Waals surface area contributed by atoms with Crippen LogP contribution in [0.25, 0.3) is 0 Å². The van der Waals surface area contributed by atoms with Gasteiger partial charge in [-0.25, -0.2) is 4.98 Å². The third-order valence-electron chi connectivity index (χ3n) is 2.44. The number of nitrogens with one attached hydrogen (secondary N) is 1. The zero-order valence-electron chi connectivity index (χ0n) is 10.7. The van der Waals surface area contributed by atoms with E-state index in [9.17, 15) is 13.2 Å². The number of thiazole rings is 1. The lowest BCUT2D eigenvalue weighted by atomic mass is 10.3. The molecular weight excluding hydrogens is 289 g/mol. The molecule has 7 heteroatoms. The summed E-state index contributed by atoms with van der Waals surface area (Å²) in [7, 11) is 0. The van der Waals surface area contributed by atoms with Crippen LogP contribution in [0.3, 0.4) is 0 Å². The summed E-state index contributed by atoms with van der Waals surface area (Å²) in [6.07, 6.45) is -2.03. The molecule has 1 heterocycles. The normalized spacial score (nSPS) is 11.4. The molecule has 0 saturated carbocycles. The summed E-state index contributed by atoms with van der Waals surface area (Å²) in [5.74, 6) is -0.235. The number of benzene rings is 1. The Labute approximate surface area is 118 Å². The summed E-state index contributed by atoms with van der Waals surface area (Å²) in [4.78, 5) is 5.25. The van der Waals surface area contributed by atoms with Crippen molar-refractivity contribution in [3.8, 4) is 5.75 Å². The summed E-state index contributed by atoms with van der Waals surface area (Å²) in [5, 5.41) is 4.09. The first-order chi connectivity index (χ1) is 9.46. The summed E-state index contributed by atoms with van der Waals surface area (Å²) in [5.41, 5.74) is 0.568. The highest BCUT2D eigenvalue weighted by molar-refractivity contribution is 7.11. The fourth-order valence-corrected chi connectivity index (χ4v) is 2.39. The Morgan fingerprint density at radius 1 is 1.35 bits per heavy atom. The van der Waals surface area contributed by atoms with E-state index in [0.717, 1.165) is 16.3 Å². The summed E-state index contributed by atoms with van der Waals surface area (Å²) >= 11 is 1.58. The molecule has 0 fully saturated rings. The average Bonchev–Trinajstić information content (AvgIpc) is 2.83. The molecule has 0 radical (unpaired) electrons. The summed E-state index contributed by atoms with van der Waals surface area (Å²) in [6.45, 7) is 2.54. The number of hydrogen-bond acceptors (Lipinski definition) is 4. The van der Waals surface area contributed by atoms with Crippen LogP contribution in [0.1, 0.15) is 16.8 Å². The van der Waals surface area contributed by atoms with Crippen LogP contribution in [-0.2, 0) is 13.0 Å². The van der Waals surface area contributed by atoms with E-state index in [2.05, 4.69) is 15.0 Å². The number of hydrogen-bond donors (Lipinski definition) is 1. The van der Waals surface area contributed by atoms with Gasteiger partial charge < -0.3 is 10.1 Å². The number of alkyl halides is 3. The van der Waals surface area contributed by atoms with E-state index in [-0.39, 0.29) is 5.75 Å². The predicted octanol–water partition coefficient (Wildman–Crippen LogP) is 4.22. The number of aryl methyl sites for hydroxylation is 1. The molecule has 0 bridgehead atoms. The van der Waals surface area contributed by atoms with Gasteiger partial charge in [-0.15, -0.1) is 24.5 Å². The molecule has 2 rings (SSSR count). The van der Waals surface area contributed by atoms with Crippen molar-refractivity contribution in [1.29, 1.82) is 0 Å². The van der Waals surface area contributed by atoms with Gasteiger partial charge in [0.2, 0.25) is 0 Å². The molecule has 0 aliphatic rings. The van der Waals surface area contributed by atoms with Crippen molar-refractivity contribution in [3.05, 3.63) is 40.3 Å². The smallest absolute Gasteiger partial charge is 0.406 e. The highest BCUT2D eigenvalue weighted by Gasteiger charge is 2.31. The third kappa shape index (κ3) is 4.41. The van der Waals surface area contributed by atoms with Gasteiger partial charge in [-0.2, -0.15) is 0 Å². The lowest BCUT2D eigenvalue weighted by Gasteiger charge is -2.10. The van der Waals surface area contributed by atoms with Crippen LogP contribution >= 0.6 is 11.3 Å². The zero-order chi connectivity index (χ0) is 14.6. The Morgan fingerprint density at radius 2 is 2.15 bits per heavy atom. The second kappa shape index (κ2) is 6.13. The average molecular weight is 302 g/mol. The molecule has 108 valence electrons. The van der Waals surface area contributed by atoms with E-state index < -0.39 is 6.36 Å². The van der Waals surface area contributed by atoms with Gasteiger partial charge in [-0.3, -0.25) is 0 Å². The van der Waals surface area contributed by atoms with Crippen molar-refractivity contribution < 1.29 is 17.9 Å². The fourth-order valence-electron chi connectivity index (χ4n) is 1.59. The Kier molecular flexibility index (Phi) is 4.49. The first kappa shape index (κ1) is 14.6. The molecule has 20 heavy (non-hydrogen) atoms. The van der Waals surface area contributed by atoms with E-state index >= 15 is 0 Å². The highest BCUT2D eigenvalue weighted by atomic mass is 32.1. The van der Waals surface area contributed by atoms with E-state index in [1.54, 1.807) is 23.6 Å². The van der Waals surface area contributed by atoms with Crippen LogP contribution in [0.5, 0.6) is 5.75 Å². The van der Waals surface area contributed by atoms with Crippen LogP contribution in [0.4, 0.5) is 18.9 Å². The minimum absolute atomic E-state index is 0.235. The van der Waals surface area contributed by atoms with Crippen LogP contribution in [0.2, 0.25) is 0 Å². The topological polar surface area (TPSA) is 34.2 Å². The standard InChI is InChI=1S/C13H13F3N2OS/c1-2-12-18-8-11(20-12)7-17-9-4-3-5-10(6-9)19-13(14,15)16/h3-6,8,17H,2,7H2,1H3. The maximum Gasteiger partial charge on any atom is 0.573 e. The maximum atomic E-state index is 12.1. The predicted molar refractivity (Wildman–Crippen MR) is 71.9 cm³/mol. The minimum Gasteiger partial charge on any atom is -0.406 e. The number of anilines is 1. The zero-order valence-corrected chi connectivity index (χ0v) is 11.5. The van der Waals surface area contributed by atoms with Gasteiger partial charge in [0.05, 0.1) is 11.6 Å². The lowest BCUT2D eigenvalue weighted by molar-refractivity contribution is -0.274. The van der Waals surface area contributed by atoms with Gasteiger partial charge in [0.25, 0.3) is 0 Å². The van der Waals surface area contributed by atoms with Crippen molar-refractivity contribution in [1.82, 2.24) is 4.98 Å². The third-order valence-corrected chi connectivity index (χ3v) is 3.58. The Balaban J connectivity index is 1.97. The lowest BCUT2D eigenvalue weighted by Crippen LogP contribution is -2.17.